The normalized spacial score (nSPS) is 15.1. The highest BCUT2D eigenvalue weighted by Gasteiger charge is 2.33. The number of carboxylic acids is 1. The number of rotatable bonds is 15. The van der Waals surface area contributed by atoms with Crippen molar-refractivity contribution in [3.05, 3.63) is 29.8 Å². The van der Waals surface area contributed by atoms with Gasteiger partial charge < -0.3 is 37.6 Å². The van der Waals surface area contributed by atoms with Crippen molar-refractivity contribution in [3.63, 3.8) is 0 Å². The number of aromatic hydroxyl groups is 1. The van der Waals surface area contributed by atoms with Crippen LogP contribution < -0.4 is 27.4 Å². The van der Waals surface area contributed by atoms with Crippen LogP contribution in [0.4, 0.5) is 0 Å². The summed E-state index contributed by atoms with van der Waals surface area (Å²) in [5.41, 5.74) is 11.9. The zero-order valence-electron chi connectivity index (χ0n) is 21.7. The van der Waals surface area contributed by atoms with Gasteiger partial charge in [0.2, 0.25) is 23.6 Å². The number of nitrogens with two attached hydrogens (primary N) is 2. The summed E-state index contributed by atoms with van der Waals surface area (Å²) in [7, 11) is 0. The smallest absolute Gasteiger partial charge is 0.326 e. The van der Waals surface area contributed by atoms with Crippen LogP contribution in [0, 0.1) is 11.8 Å². The van der Waals surface area contributed by atoms with Crippen molar-refractivity contribution < 1.29 is 34.2 Å². The fourth-order valence-corrected chi connectivity index (χ4v) is 3.53. The third-order valence-corrected chi connectivity index (χ3v) is 6.06. The molecular formula is C25H39N5O7. The third-order valence-electron chi connectivity index (χ3n) is 6.06. The number of carbonyl (C=O) groups excluding carboxylic acids is 4. The predicted octanol–water partition coefficient (Wildman–Crippen LogP) is -0.231. The van der Waals surface area contributed by atoms with Gasteiger partial charge in [-0.1, -0.05) is 46.2 Å². The molecule has 0 saturated heterocycles. The van der Waals surface area contributed by atoms with Crippen LogP contribution in [0.1, 0.15) is 52.5 Å². The van der Waals surface area contributed by atoms with Gasteiger partial charge in [0.1, 0.15) is 23.9 Å². The number of benzene rings is 1. The predicted molar refractivity (Wildman–Crippen MR) is 136 cm³/mol. The highest BCUT2D eigenvalue weighted by atomic mass is 16.4. The van der Waals surface area contributed by atoms with Crippen molar-refractivity contribution in [3.8, 4) is 5.75 Å². The monoisotopic (exact) mass is 521 g/mol. The molecule has 0 aliphatic carbocycles. The molecule has 1 aromatic rings. The van der Waals surface area contributed by atoms with E-state index in [1.54, 1.807) is 39.8 Å². The molecule has 12 heteroatoms. The lowest BCUT2D eigenvalue weighted by atomic mass is 9.97. The van der Waals surface area contributed by atoms with Gasteiger partial charge in [-0.3, -0.25) is 19.2 Å². The zero-order chi connectivity index (χ0) is 28.3. The molecule has 1 rings (SSSR count). The van der Waals surface area contributed by atoms with E-state index in [1.807, 2.05) is 0 Å². The van der Waals surface area contributed by atoms with E-state index in [4.69, 9.17) is 11.5 Å². The molecule has 0 fully saturated rings. The van der Waals surface area contributed by atoms with E-state index in [0.29, 0.717) is 12.0 Å². The second-order valence-electron chi connectivity index (χ2n) is 9.48. The number of hydrogen-bond acceptors (Lipinski definition) is 7. The number of nitrogens with one attached hydrogen (secondary N) is 3. The van der Waals surface area contributed by atoms with Gasteiger partial charge in [0, 0.05) is 6.42 Å². The van der Waals surface area contributed by atoms with Crippen LogP contribution in [0.5, 0.6) is 5.75 Å². The number of primary amides is 1. The molecule has 5 unspecified atom stereocenters. The maximum absolute atomic E-state index is 13.1. The van der Waals surface area contributed by atoms with Gasteiger partial charge in [0.25, 0.3) is 0 Å². The number of amides is 4. The molecule has 5 atom stereocenters. The third kappa shape index (κ3) is 10.5. The summed E-state index contributed by atoms with van der Waals surface area (Å²) in [4.78, 5) is 61.7. The molecule has 0 radical (unpaired) electrons. The molecule has 4 amide bonds. The Kier molecular flexibility index (Phi) is 12.5. The maximum atomic E-state index is 13.1. The topological polar surface area (TPSA) is 214 Å². The van der Waals surface area contributed by atoms with Gasteiger partial charge >= 0.3 is 5.97 Å². The Morgan fingerprint density at radius 3 is 1.95 bits per heavy atom. The van der Waals surface area contributed by atoms with Gasteiger partial charge in [0.05, 0.1) is 6.04 Å². The molecule has 0 aliphatic rings. The Labute approximate surface area is 216 Å². The Morgan fingerprint density at radius 2 is 1.46 bits per heavy atom. The molecule has 1 aromatic carbocycles. The average Bonchev–Trinajstić information content (AvgIpc) is 2.83. The van der Waals surface area contributed by atoms with Crippen LogP contribution in [0.3, 0.4) is 0 Å². The van der Waals surface area contributed by atoms with E-state index in [1.165, 1.54) is 12.1 Å². The summed E-state index contributed by atoms with van der Waals surface area (Å²) in [6, 6.07) is 1.63. The minimum absolute atomic E-state index is 0.0625. The van der Waals surface area contributed by atoms with Gasteiger partial charge in [-0.05, 0) is 42.4 Å². The number of carbonyl (C=O) groups is 5. The Hall–Kier alpha value is -3.67. The van der Waals surface area contributed by atoms with Crippen LogP contribution in [0.25, 0.3) is 0 Å². The van der Waals surface area contributed by atoms with Crippen molar-refractivity contribution in [2.75, 3.05) is 0 Å². The minimum atomic E-state index is -1.22. The molecule has 0 spiro atoms. The standard InChI is InChI=1S/C25H39N5O7/c1-5-14(4)21(25(36)37)30-24(35)20(13(2)3)29-23(34)18(10-11-19(27)32)28-22(33)17(26)12-15-6-8-16(31)9-7-15/h6-9,13-14,17-18,20-21,31H,5,10-12,26H2,1-4H3,(H2,27,32)(H,28,33)(H,29,34)(H,30,35)(H,36,37). The van der Waals surface area contributed by atoms with E-state index < -0.39 is 59.7 Å². The van der Waals surface area contributed by atoms with Gasteiger partial charge in [0.15, 0.2) is 0 Å². The summed E-state index contributed by atoms with van der Waals surface area (Å²) >= 11 is 0. The first-order chi connectivity index (χ1) is 17.3. The van der Waals surface area contributed by atoms with Crippen molar-refractivity contribution in [1.82, 2.24) is 16.0 Å². The quantitative estimate of drug-likeness (QED) is 0.163. The Balaban J connectivity index is 2.98. The molecular weight excluding hydrogens is 482 g/mol. The van der Waals surface area contributed by atoms with Crippen molar-refractivity contribution in [1.29, 1.82) is 0 Å². The zero-order valence-corrected chi connectivity index (χ0v) is 21.7. The second-order valence-corrected chi connectivity index (χ2v) is 9.48. The summed E-state index contributed by atoms with van der Waals surface area (Å²) < 4.78 is 0. The molecule has 12 nitrogen and oxygen atoms in total. The molecule has 0 bridgehead atoms. The number of phenolic OH excluding ortho intramolecular Hbond substituents is 1. The van der Waals surface area contributed by atoms with Gasteiger partial charge in [-0.15, -0.1) is 0 Å². The molecule has 206 valence electrons. The van der Waals surface area contributed by atoms with Crippen LogP contribution in [0.15, 0.2) is 24.3 Å². The number of phenols is 1. The fraction of sp³-hybridized carbons (Fsp3) is 0.560. The summed E-state index contributed by atoms with van der Waals surface area (Å²) in [6.07, 6.45) is 0.302. The molecule has 0 saturated carbocycles. The van der Waals surface area contributed by atoms with Crippen molar-refractivity contribution >= 4 is 29.6 Å². The Morgan fingerprint density at radius 1 is 0.892 bits per heavy atom. The first-order valence-electron chi connectivity index (χ1n) is 12.2. The number of hydrogen-bond donors (Lipinski definition) is 7. The van der Waals surface area contributed by atoms with Gasteiger partial charge in [-0.2, -0.15) is 0 Å². The highest BCUT2D eigenvalue weighted by molar-refractivity contribution is 5.94. The van der Waals surface area contributed by atoms with Crippen LogP contribution in [0.2, 0.25) is 0 Å². The lowest BCUT2D eigenvalue weighted by Crippen LogP contribution is -2.59. The average molecular weight is 522 g/mol. The minimum Gasteiger partial charge on any atom is -0.508 e. The molecule has 0 aliphatic heterocycles. The summed E-state index contributed by atoms with van der Waals surface area (Å²) in [5, 5.41) is 26.4. The largest absolute Gasteiger partial charge is 0.508 e. The van der Waals surface area contributed by atoms with Crippen LogP contribution in [-0.4, -0.2) is 64.0 Å². The lowest BCUT2D eigenvalue weighted by molar-refractivity contribution is -0.144. The first kappa shape index (κ1) is 31.4. The SMILES string of the molecule is CCC(C)C(NC(=O)C(NC(=O)C(CCC(N)=O)NC(=O)C(N)Cc1ccc(O)cc1)C(C)C)C(=O)O. The summed E-state index contributed by atoms with van der Waals surface area (Å²) in [6.45, 7) is 6.84. The lowest BCUT2D eigenvalue weighted by Gasteiger charge is -2.28. The first-order valence-corrected chi connectivity index (χ1v) is 12.2. The van der Waals surface area contributed by atoms with Gasteiger partial charge in [-0.25, -0.2) is 4.79 Å². The van der Waals surface area contributed by atoms with Crippen LogP contribution in [-0.2, 0) is 30.4 Å². The highest BCUT2D eigenvalue weighted by Crippen LogP contribution is 2.12. The number of aliphatic carboxylic acids is 1. The molecule has 9 N–H and O–H groups in total. The maximum Gasteiger partial charge on any atom is 0.326 e. The summed E-state index contributed by atoms with van der Waals surface area (Å²) in [5.74, 6) is -4.65. The molecule has 0 heterocycles. The van der Waals surface area contributed by atoms with E-state index in [0.717, 1.165) is 0 Å². The fourth-order valence-electron chi connectivity index (χ4n) is 3.53. The van der Waals surface area contributed by atoms with Crippen molar-refractivity contribution in [2.45, 2.75) is 77.5 Å². The van der Waals surface area contributed by atoms with Crippen molar-refractivity contribution in [2.24, 2.45) is 23.3 Å². The van der Waals surface area contributed by atoms with Crippen LogP contribution >= 0.6 is 0 Å². The molecule has 37 heavy (non-hydrogen) atoms. The van der Waals surface area contributed by atoms with E-state index in [-0.39, 0.29) is 30.9 Å². The van der Waals surface area contributed by atoms with E-state index in [2.05, 4.69) is 16.0 Å². The Bertz CT molecular complexity index is 951. The number of carboxylic acid groups (broad SMARTS) is 1. The van der Waals surface area contributed by atoms with E-state index >= 15 is 0 Å². The van der Waals surface area contributed by atoms with E-state index in [9.17, 15) is 34.2 Å². The molecule has 0 aromatic heterocycles. The second kappa shape index (κ2) is 14.8.